The third kappa shape index (κ3) is 7.12. The van der Waals surface area contributed by atoms with Crippen LogP contribution in [-0.2, 0) is 9.53 Å². The van der Waals surface area contributed by atoms with Crippen molar-refractivity contribution in [3.8, 4) is 11.5 Å². The fraction of sp³-hybridized carbons (Fsp3) is 0.481. The summed E-state index contributed by atoms with van der Waals surface area (Å²) in [5, 5.41) is 3.53. The fourth-order valence-electron chi connectivity index (χ4n) is 4.61. The number of para-hydroxylation sites is 1. The van der Waals surface area contributed by atoms with E-state index >= 15 is 0 Å². The number of hydrogen-bond acceptors (Lipinski definition) is 5. The maximum Gasteiger partial charge on any atom is 0.260 e. The zero-order valence-electron chi connectivity index (χ0n) is 20.0. The summed E-state index contributed by atoms with van der Waals surface area (Å²) in [6.45, 7) is 3.48. The SMILES string of the molecule is O=C1NCCOCCCCC2(CCN(C(=O)COc3ccc(Cl)cc3)CC2)COc2ccccc21. The molecule has 0 radical (unpaired) electrons. The molecule has 0 atom stereocenters. The van der Waals surface area contributed by atoms with Crippen LogP contribution >= 0.6 is 11.6 Å². The van der Waals surface area contributed by atoms with Crippen molar-refractivity contribution in [1.29, 1.82) is 0 Å². The molecule has 0 unspecified atom stereocenters. The number of nitrogens with zero attached hydrogens (tertiary/aromatic N) is 1. The van der Waals surface area contributed by atoms with Gasteiger partial charge in [0, 0.05) is 36.7 Å². The Labute approximate surface area is 211 Å². The van der Waals surface area contributed by atoms with E-state index in [-0.39, 0.29) is 23.8 Å². The summed E-state index contributed by atoms with van der Waals surface area (Å²) in [5.41, 5.74) is 0.480. The number of carbonyl (C=O) groups is 2. The van der Waals surface area contributed by atoms with Crippen molar-refractivity contribution in [3.63, 3.8) is 0 Å². The number of hydrogen-bond donors (Lipinski definition) is 1. The molecule has 1 fully saturated rings. The molecule has 0 saturated carbocycles. The van der Waals surface area contributed by atoms with Gasteiger partial charge in [0.25, 0.3) is 11.8 Å². The van der Waals surface area contributed by atoms with Crippen LogP contribution in [0.5, 0.6) is 11.5 Å². The maximum absolute atomic E-state index is 12.8. The molecule has 2 amide bonds. The lowest BCUT2D eigenvalue weighted by Gasteiger charge is -2.42. The normalized spacial score (nSPS) is 19.1. The van der Waals surface area contributed by atoms with Crippen LogP contribution in [0.25, 0.3) is 0 Å². The molecule has 0 aliphatic carbocycles. The van der Waals surface area contributed by atoms with Crippen molar-refractivity contribution < 1.29 is 23.8 Å². The predicted molar refractivity (Wildman–Crippen MR) is 134 cm³/mol. The zero-order chi connectivity index (χ0) is 24.5. The van der Waals surface area contributed by atoms with E-state index in [1.165, 1.54) is 0 Å². The van der Waals surface area contributed by atoms with E-state index in [9.17, 15) is 9.59 Å². The van der Waals surface area contributed by atoms with Gasteiger partial charge in [0.05, 0.1) is 18.8 Å². The Morgan fingerprint density at radius 3 is 2.60 bits per heavy atom. The van der Waals surface area contributed by atoms with E-state index in [1.54, 1.807) is 30.3 Å². The first kappa shape index (κ1) is 25.3. The van der Waals surface area contributed by atoms with Crippen LogP contribution in [0.1, 0.15) is 42.5 Å². The molecule has 0 aromatic heterocycles. The topological polar surface area (TPSA) is 77.1 Å². The van der Waals surface area contributed by atoms with Gasteiger partial charge in [-0.05, 0) is 62.1 Å². The Balaban J connectivity index is 1.38. The highest BCUT2D eigenvalue weighted by Crippen LogP contribution is 2.38. The number of carbonyl (C=O) groups excluding carboxylic acids is 2. The van der Waals surface area contributed by atoms with Crippen molar-refractivity contribution in [2.45, 2.75) is 32.1 Å². The average Bonchev–Trinajstić information content (AvgIpc) is 2.88. The zero-order valence-corrected chi connectivity index (χ0v) is 20.7. The van der Waals surface area contributed by atoms with Gasteiger partial charge < -0.3 is 24.4 Å². The first-order valence-electron chi connectivity index (χ1n) is 12.3. The van der Waals surface area contributed by atoms with Gasteiger partial charge in [-0.2, -0.15) is 0 Å². The fourth-order valence-corrected chi connectivity index (χ4v) is 4.74. The molecule has 2 aliphatic rings. The third-order valence-corrected chi connectivity index (χ3v) is 7.05. The van der Waals surface area contributed by atoms with Gasteiger partial charge >= 0.3 is 0 Å². The van der Waals surface area contributed by atoms with Crippen molar-refractivity contribution in [2.75, 3.05) is 46.1 Å². The van der Waals surface area contributed by atoms with E-state index in [0.29, 0.717) is 61.5 Å². The Morgan fingerprint density at radius 1 is 1.03 bits per heavy atom. The Morgan fingerprint density at radius 2 is 1.80 bits per heavy atom. The Kier molecular flexibility index (Phi) is 8.88. The van der Waals surface area contributed by atoms with E-state index in [2.05, 4.69) is 5.32 Å². The second-order valence-electron chi connectivity index (χ2n) is 9.23. The summed E-state index contributed by atoms with van der Waals surface area (Å²) >= 11 is 5.91. The van der Waals surface area contributed by atoms with E-state index in [0.717, 1.165) is 32.1 Å². The molecule has 1 spiro atoms. The molecule has 7 nitrogen and oxygen atoms in total. The minimum Gasteiger partial charge on any atom is -0.492 e. The molecule has 0 bridgehead atoms. The summed E-state index contributed by atoms with van der Waals surface area (Å²) in [6.07, 6.45) is 4.67. The van der Waals surface area contributed by atoms with Gasteiger partial charge in [0.1, 0.15) is 11.5 Å². The predicted octanol–water partition coefficient (Wildman–Crippen LogP) is 4.34. The van der Waals surface area contributed by atoms with E-state index in [1.807, 2.05) is 23.1 Å². The lowest BCUT2D eigenvalue weighted by atomic mass is 9.75. The Hall–Kier alpha value is -2.77. The highest BCUT2D eigenvalue weighted by molar-refractivity contribution is 6.30. The van der Waals surface area contributed by atoms with Gasteiger partial charge in [-0.3, -0.25) is 9.59 Å². The van der Waals surface area contributed by atoms with Crippen LogP contribution in [0.2, 0.25) is 5.02 Å². The van der Waals surface area contributed by atoms with Crippen LogP contribution in [0.4, 0.5) is 0 Å². The Bertz CT molecular complexity index is 989. The van der Waals surface area contributed by atoms with Crippen LogP contribution < -0.4 is 14.8 Å². The van der Waals surface area contributed by atoms with Crippen LogP contribution in [0, 0.1) is 5.41 Å². The number of piperidine rings is 1. The summed E-state index contributed by atoms with van der Waals surface area (Å²) in [7, 11) is 0. The molecule has 1 saturated heterocycles. The number of nitrogens with one attached hydrogen (secondary N) is 1. The van der Waals surface area contributed by atoms with Crippen molar-refractivity contribution in [2.24, 2.45) is 5.41 Å². The highest BCUT2D eigenvalue weighted by Gasteiger charge is 2.36. The monoisotopic (exact) mass is 500 g/mol. The molecule has 2 heterocycles. The minimum absolute atomic E-state index is 0.00492. The first-order chi connectivity index (χ1) is 17.0. The maximum atomic E-state index is 12.8. The highest BCUT2D eigenvalue weighted by atomic mass is 35.5. The van der Waals surface area contributed by atoms with Gasteiger partial charge in [-0.1, -0.05) is 30.2 Å². The summed E-state index contributed by atoms with van der Waals surface area (Å²) in [5.74, 6) is 1.04. The molecule has 4 rings (SSSR count). The molecular formula is C27H33ClN2O5. The lowest BCUT2D eigenvalue weighted by Crippen LogP contribution is -2.47. The number of fused-ring (bicyclic) bond motifs is 1. The third-order valence-electron chi connectivity index (χ3n) is 6.80. The standard InChI is InChI=1S/C27H33ClN2O5/c28-21-7-9-22(10-8-21)34-19-25(31)30-15-12-27(13-16-30)11-3-4-17-33-18-14-29-26(32)23-5-1-2-6-24(23)35-20-27/h1-2,5-10H,3-4,11-20H2,(H,29,32). The molecule has 2 aromatic rings. The average molecular weight is 501 g/mol. The molecular weight excluding hydrogens is 468 g/mol. The number of benzene rings is 2. The van der Waals surface area contributed by atoms with Crippen LogP contribution in [0.15, 0.2) is 48.5 Å². The van der Waals surface area contributed by atoms with Gasteiger partial charge in [-0.15, -0.1) is 0 Å². The number of ether oxygens (including phenoxy) is 3. The molecule has 2 aliphatic heterocycles. The second kappa shape index (κ2) is 12.3. The lowest BCUT2D eigenvalue weighted by molar-refractivity contribution is -0.136. The van der Waals surface area contributed by atoms with Gasteiger partial charge in [0.2, 0.25) is 0 Å². The van der Waals surface area contributed by atoms with Crippen molar-refractivity contribution in [1.82, 2.24) is 10.2 Å². The van der Waals surface area contributed by atoms with E-state index < -0.39 is 0 Å². The molecule has 188 valence electrons. The quantitative estimate of drug-likeness (QED) is 0.678. The molecule has 2 aromatic carbocycles. The molecule has 8 heteroatoms. The van der Waals surface area contributed by atoms with E-state index in [4.69, 9.17) is 25.8 Å². The number of rotatable bonds is 3. The van der Waals surface area contributed by atoms with Crippen molar-refractivity contribution in [3.05, 3.63) is 59.1 Å². The summed E-state index contributed by atoms with van der Waals surface area (Å²) in [6, 6.07) is 14.4. The van der Waals surface area contributed by atoms with Crippen molar-refractivity contribution >= 4 is 23.4 Å². The second-order valence-corrected chi connectivity index (χ2v) is 9.67. The minimum atomic E-state index is -0.156. The van der Waals surface area contributed by atoms with Crippen LogP contribution in [0.3, 0.4) is 0 Å². The largest absolute Gasteiger partial charge is 0.492 e. The van der Waals surface area contributed by atoms with Gasteiger partial charge in [-0.25, -0.2) is 0 Å². The first-order valence-corrected chi connectivity index (χ1v) is 12.7. The number of amides is 2. The number of halogens is 1. The summed E-state index contributed by atoms with van der Waals surface area (Å²) in [4.78, 5) is 27.3. The molecule has 35 heavy (non-hydrogen) atoms. The smallest absolute Gasteiger partial charge is 0.260 e. The molecule has 1 N–H and O–H groups in total. The van der Waals surface area contributed by atoms with Crippen LogP contribution in [-0.4, -0.2) is 62.8 Å². The summed E-state index contributed by atoms with van der Waals surface area (Å²) < 4.78 is 17.6. The number of likely N-dealkylation sites (tertiary alicyclic amines) is 1. The van der Waals surface area contributed by atoms with Gasteiger partial charge in [0.15, 0.2) is 6.61 Å².